The van der Waals surface area contributed by atoms with Crippen LogP contribution >= 0.6 is 11.6 Å². The topological polar surface area (TPSA) is 35.5 Å². The lowest BCUT2D eigenvalue weighted by molar-refractivity contribution is -0.139. The molecule has 0 unspecified atom stereocenters. The van der Waals surface area contributed by atoms with E-state index in [2.05, 4.69) is 0 Å². The van der Waals surface area contributed by atoms with Gasteiger partial charge < -0.3 is 9.47 Å². The third-order valence-electron chi connectivity index (χ3n) is 4.06. The Balaban J connectivity index is 2.39. The van der Waals surface area contributed by atoms with Gasteiger partial charge in [0.15, 0.2) is 0 Å². The van der Waals surface area contributed by atoms with Gasteiger partial charge in [-0.25, -0.2) is 0 Å². The minimum absolute atomic E-state index is 0.180. The highest BCUT2D eigenvalue weighted by Gasteiger charge is 2.35. The molecule has 0 bridgehead atoms. The Hall–Kier alpha value is -2.21. The van der Waals surface area contributed by atoms with E-state index in [-0.39, 0.29) is 29.5 Å². The number of hydrogen-bond acceptors (Lipinski definition) is 3. The van der Waals surface area contributed by atoms with Crippen LogP contribution in [0.2, 0.25) is 5.02 Å². The smallest absolute Gasteiger partial charge is 0.419 e. The summed E-state index contributed by atoms with van der Waals surface area (Å²) in [5.74, 6) is -0.511. The van der Waals surface area contributed by atoms with E-state index in [0.29, 0.717) is 17.5 Å². The predicted octanol–water partition coefficient (Wildman–Crippen LogP) is 6.12. The molecule has 2 aromatic carbocycles. The van der Waals surface area contributed by atoms with E-state index in [1.807, 2.05) is 13.0 Å². The highest BCUT2D eigenvalue weighted by atomic mass is 35.5. The zero-order valence-electron chi connectivity index (χ0n) is 15.2. The molecule has 0 fully saturated rings. The van der Waals surface area contributed by atoms with E-state index in [1.165, 1.54) is 6.92 Å². The largest absolute Gasteiger partial charge is 0.488 e. The fraction of sp³-hybridized carbons (Fsp3) is 0.350. The zero-order chi connectivity index (χ0) is 20.2. The van der Waals surface area contributed by atoms with E-state index < -0.39 is 17.7 Å². The SMILES string of the molecule is CCC(=O)Oc1cccc(CC)c1COc1cc(Cl)c(C)cc1C(F)(F)F. The Kier molecular flexibility index (Phi) is 6.76. The number of alkyl halides is 3. The minimum atomic E-state index is -4.58. The zero-order valence-corrected chi connectivity index (χ0v) is 16.0. The average Bonchev–Trinajstić information content (AvgIpc) is 2.61. The summed E-state index contributed by atoms with van der Waals surface area (Å²) in [7, 11) is 0. The molecular weight excluding hydrogens is 381 g/mol. The highest BCUT2D eigenvalue weighted by Crippen LogP contribution is 2.39. The van der Waals surface area contributed by atoms with E-state index in [9.17, 15) is 18.0 Å². The van der Waals surface area contributed by atoms with Crippen LogP contribution in [0.15, 0.2) is 30.3 Å². The number of ether oxygens (including phenoxy) is 2. The Morgan fingerprint density at radius 3 is 2.44 bits per heavy atom. The first kappa shape index (κ1) is 21.1. The van der Waals surface area contributed by atoms with E-state index in [1.54, 1.807) is 19.1 Å². The quantitative estimate of drug-likeness (QED) is 0.432. The van der Waals surface area contributed by atoms with Crippen LogP contribution in [0.4, 0.5) is 13.2 Å². The molecule has 7 heteroatoms. The van der Waals surface area contributed by atoms with Gasteiger partial charge in [0.05, 0.1) is 5.56 Å². The molecule has 146 valence electrons. The Bertz CT molecular complexity index is 832. The summed E-state index contributed by atoms with van der Waals surface area (Å²) < 4.78 is 50.8. The van der Waals surface area contributed by atoms with E-state index >= 15 is 0 Å². The molecule has 0 spiro atoms. The summed E-state index contributed by atoms with van der Waals surface area (Å²) in [6, 6.07) is 7.25. The van der Waals surface area contributed by atoms with E-state index in [4.69, 9.17) is 21.1 Å². The van der Waals surface area contributed by atoms with Crippen LogP contribution < -0.4 is 9.47 Å². The second-order valence-electron chi connectivity index (χ2n) is 5.96. The lowest BCUT2D eigenvalue weighted by atomic mass is 10.0. The predicted molar refractivity (Wildman–Crippen MR) is 97.3 cm³/mol. The monoisotopic (exact) mass is 400 g/mol. The van der Waals surface area contributed by atoms with Gasteiger partial charge in [-0.05, 0) is 42.7 Å². The van der Waals surface area contributed by atoms with Gasteiger partial charge in [-0.15, -0.1) is 0 Å². The second kappa shape index (κ2) is 8.65. The summed E-state index contributed by atoms with van der Waals surface area (Å²) in [6.07, 6.45) is -3.79. The van der Waals surface area contributed by atoms with Crippen LogP contribution in [-0.4, -0.2) is 5.97 Å². The average molecular weight is 401 g/mol. The summed E-state index contributed by atoms with van der Waals surface area (Å²) in [6.45, 7) is 4.87. The molecule has 0 radical (unpaired) electrons. The third-order valence-corrected chi connectivity index (χ3v) is 4.47. The van der Waals surface area contributed by atoms with Crippen molar-refractivity contribution in [1.82, 2.24) is 0 Å². The number of carbonyl (C=O) groups is 1. The number of hydrogen-bond donors (Lipinski definition) is 0. The summed E-state index contributed by atoms with van der Waals surface area (Å²) in [5, 5.41) is 0.180. The number of rotatable bonds is 6. The van der Waals surface area contributed by atoms with Crippen molar-refractivity contribution in [2.75, 3.05) is 0 Å². The van der Waals surface area contributed by atoms with Crippen molar-refractivity contribution in [3.05, 3.63) is 57.6 Å². The molecule has 2 aromatic rings. The number of benzene rings is 2. The van der Waals surface area contributed by atoms with Gasteiger partial charge in [0.25, 0.3) is 0 Å². The maximum absolute atomic E-state index is 13.3. The summed E-state index contributed by atoms with van der Waals surface area (Å²) in [5.41, 5.74) is 0.767. The van der Waals surface area contributed by atoms with Crippen LogP contribution in [-0.2, 0) is 24.0 Å². The first-order valence-corrected chi connectivity index (χ1v) is 8.86. The van der Waals surface area contributed by atoms with Crippen molar-refractivity contribution in [3.63, 3.8) is 0 Å². The molecule has 0 atom stereocenters. The molecule has 0 aromatic heterocycles. The number of esters is 1. The van der Waals surface area contributed by atoms with Crippen molar-refractivity contribution >= 4 is 17.6 Å². The van der Waals surface area contributed by atoms with E-state index in [0.717, 1.165) is 17.7 Å². The van der Waals surface area contributed by atoms with Crippen molar-refractivity contribution in [2.24, 2.45) is 0 Å². The third kappa shape index (κ3) is 5.16. The highest BCUT2D eigenvalue weighted by molar-refractivity contribution is 6.31. The summed E-state index contributed by atoms with van der Waals surface area (Å²) >= 11 is 5.98. The van der Waals surface area contributed by atoms with Gasteiger partial charge in [-0.2, -0.15) is 13.2 Å². The maximum atomic E-state index is 13.3. The molecule has 0 saturated heterocycles. The standard InChI is InChI=1S/C20H20ClF3O3/c1-4-13-7-6-8-17(27-19(25)5-2)14(13)11-26-18-10-16(21)12(3)9-15(18)20(22,23)24/h6-10H,4-5,11H2,1-3H3. The second-order valence-corrected chi connectivity index (χ2v) is 6.37. The minimum Gasteiger partial charge on any atom is -0.488 e. The molecule has 2 rings (SSSR count). The van der Waals surface area contributed by atoms with Crippen LogP contribution in [0.25, 0.3) is 0 Å². The van der Waals surface area contributed by atoms with Crippen molar-refractivity contribution in [3.8, 4) is 11.5 Å². The van der Waals surface area contributed by atoms with Gasteiger partial charge in [0, 0.05) is 17.0 Å². The number of carbonyl (C=O) groups excluding carboxylic acids is 1. The molecule has 0 aliphatic heterocycles. The van der Waals surface area contributed by atoms with Crippen molar-refractivity contribution < 1.29 is 27.4 Å². The van der Waals surface area contributed by atoms with Gasteiger partial charge in [-0.1, -0.05) is 37.6 Å². The molecule has 0 aliphatic rings. The fourth-order valence-corrected chi connectivity index (χ4v) is 2.70. The Labute approximate surface area is 161 Å². The lowest BCUT2D eigenvalue weighted by Gasteiger charge is -2.18. The molecule has 3 nitrogen and oxygen atoms in total. The van der Waals surface area contributed by atoms with Crippen LogP contribution in [0.3, 0.4) is 0 Å². The first-order chi connectivity index (χ1) is 12.7. The molecule has 27 heavy (non-hydrogen) atoms. The van der Waals surface area contributed by atoms with Crippen LogP contribution in [0, 0.1) is 6.92 Å². The van der Waals surface area contributed by atoms with Crippen LogP contribution in [0.5, 0.6) is 11.5 Å². The molecule has 0 N–H and O–H groups in total. The van der Waals surface area contributed by atoms with Gasteiger partial charge in [-0.3, -0.25) is 4.79 Å². The molecule has 0 heterocycles. The Morgan fingerprint density at radius 2 is 1.85 bits per heavy atom. The van der Waals surface area contributed by atoms with Gasteiger partial charge in [0.2, 0.25) is 0 Å². The van der Waals surface area contributed by atoms with Gasteiger partial charge in [0.1, 0.15) is 18.1 Å². The molecule has 0 aliphatic carbocycles. The molecule has 0 amide bonds. The number of halogens is 4. The Morgan fingerprint density at radius 1 is 1.15 bits per heavy atom. The lowest BCUT2D eigenvalue weighted by Crippen LogP contribution is -2.12. The number of aryl methyl sites for hydroxylation is 2. The molecular formula is C20H20ClF3O3. The maximum Gasteiger partial charge on any atom is 0.419 e. The van der Waals surface area contributed by atoms with Crippen molar-refractivity contribution in [2.45, 2.75) is 46.4 Å². The van der Waals surface area contributed by atoms with Crippen LogP contribution in [0.1, 0.15) is 42.5 Å². The summed E-state index contributed by atoms with van der Waals surface area (Å²) in [4.78, 5) is 11.6. The normalized spacial score (nSPS) is 11.4. The fourth-order valence-electron chi connectivity index (χ4n) is 2.55. The first-order valence-electron chi connectivity index (χ1n) is 8.48. The van der Waals surface area contributed by atoms with Gasteiger partial charge >= 0.3 is 12.1 Å². The van der Waals surface area contributed by atoms with Crippen molar-refractivity contribution in [1.29, 1.82) is 0 Å². The molecule has 0 saturated carbocycles.